The first-order valence-corrected chi connectivity index (χ1v) is 10.8. The van der Waals surface area contributed by atoms with Gasteiger partial charge in [-0.2, -0.15) is 5.10 Å². The zero-order chi connectivity index (χ0) is 22.8. The summed E-state index contributed by atoms with van der Waals surface area (Å²) < 4.78 is 20.3. The first-order chi connectivity index (χ1) is 15.3. The van der Waals surface area contributed by atoms with Crippen molar-refractivity contribution in [2.75, 3.05) is 13.1 Å². The van der Waals surface area contributed by atoms with E-state index in [2.05, 4.69) is 10.4 Å². The molecule has 1 N–H and O–H groups in total. The molecule has 1 aliphatic rings. The number of aromatic nitrogens is 2. The van der Waals surface area contributed by atoms with E-state index in [0.29, 0.717) is 42.9 Å². The molecular formula is C24H27FN4O3. The number of likely N-dealkylation sites (tertiary alicyclic amines) is 1. The Morgan fingerprint density at radius 1 is 1.16 bits per heavy atom. The number of nitrogens with one attached hydrogen (secondary N) is 1. The second-order valence-electron chi connectivity index (χ2n) is 8.46. The summed E-state index contributed by atoms with van der Waals surface area (Å²) in [6.45, 7) is 6.93. The number of carbonyl (C=O) groups is 2. The third kappa shape index (κ3) is 4.30. The molecular weight excluding hydrogens is 411 g/mol. The summed E-state index contributed by atoms with van der Waals surface area (Å²) in [5.41, 5.74) is 2.86. The lowest BCUT2D eigenvalue weighted by Crippen LogP contribution is -2.46. The molecule has 3 aromatic rings. The van der Waals surface area contributed by atoms with Gasteiger partial charge in [-0.05, 0) is 56.0 Å². The normalized spacial score (nSPS) is 14.7. The van der Waals surface area contributed by atoms with Crippen LogP contribution in [0.1, 0.15) is 64.8 Å². The van der Waals surface area contributed by atoms with E-state index in [0.717, 1.165) is 11.3 Å². The molecule has 2 aromatic heterocycles. The lowest BCUT2D eigenvalue weighted by molar-refractivity contribution is 0.0694. The van der Waals surface area contributed by atoms with Crippen LogP contribution in [0.4, 0.5) is 4.39 Å². The number of aryl methyl sites for hydroxylation is 1. The minimum absolute atomic E-state index is 0.0115. The van der Waals surface area contributed by atoms with E-state index in [9.17, 15) is 14.0 Å². The van der Waals surface area contributed by atoms with Crippen molar-refractivity contribution in [1.29, 1.82) is 0 Å². The molecule has 2 amide bonds. The first-order valence-electron chi connectivity index (χ1n) is 10.8. The molecule has 32 heavy (non-hydrogen) atoms. The average Bonchev–Trinajstić information content (AvgIpc) is 3.41. The van der Waals surface area contributed by atoms with Crippen LogP contribution < -0.4 is 5.32 Å². The number of carbonyl (C=O) groups excluding carboxylic acids is 2. The van der Waals surface area contributed by atoms with Gasteiger partial charge in [0, 0.05) is 24.7 Å². The Morgan fingerprint density at radius 3 is 2.44 bits per heavy atom. The predicted octanol–water partition coefficient (Wildman–Crippen LogP) is 4.07. The first kappa shape index (κ1) is 21.8. The molecule has 0 aliphatic carbocycles. The second kappa shape index (κ2) is 8.98. The number of nitrogens with zero attached hydrogens (tertiary/aromatic N) is 3. The van der Waals surface area contributed by atoms with Crippen molar-refractivity contribution in [2.24, 2.45) is 0 Å². The Labute approximate surface area is 186 Å². The quantitative estimate of drug-likeness (QED) is 0.651. The minimum atomic E-state index is -0.319. The summed E-state index contributed by atoms with van der Waals surface area (Å²) in [6, 6.07) is 7.81. The molecule has 3 heterocycles. The highest BCUT2D eigenvalue weighted by atomic mass is 19.1. The lowest BCUT2D eigenvalue weighted by Gasteiger charge is -2.32. The number of piperidine rings is 1. The maximum atomic E-state index is 13.3. The third-order valence-electron chi connectivity index (χ3n) is 5.84. The van der Waals surface area contributed by atoms with Gasteiger partial charge in [0.15, 0.2) is 5.76 Å². The van der Waals surface area contributed by atoms with Gasteiger partial charge < -0.3 is 14.6 Å². The highest BCUT2D eigenvalue weighted by Gasteiger charge is 2.29. The largest absolute Gasteiger partial charge is 0.459 e. The number of amides is 2. The van der Waals surface area contributed by atoms with Crippen LogP contribution in [0.5, 0.6) is 0 Å². The number of furan rings is 1. The SMILES string of the molecule is Cc1ccoc1C(=O)NC1CCN(C(=O)c2cnn(-c3ccc(F)cc3)c2C(C)C)CC1. The van der Waals surface area contributed by atoms with Crippen LogP contribution in [0.2, 0.25) is 0 Å². The van der Waals surface area contributed by atoms with Crippen molar-refractivity contribution in [2.45, 2.75) is 45.6 Å². The Morgan fingerprint density at radius 2 is 1.84 bits per heavy atom. The Balaban J connectivity index is 1.45. The average molecular weight is 439 g/mol. The summed E-state index contributed by atoms with van der Waals surface area (Å²) in [4.78, 5) is 27.5. The molecule has 7 nitrogen and oxygen atoms in total. The topological polar surface area (TPSA) is 80.4 Å². The van der Waals surface area contributed by atoms with E-state index >= 15 is 0 Å². The van der Waals surface area contributed by atoms with Gasteiger partial charge in [0.1, 0.15) is 5.82 Å². The highest BCUT2D eigenvalue weighted by molar-refractivity contribution is 5.96. The molecule has 0 bridgehead atoms. The molecule has 1 fully saturated rings. The molecule has 1 aliphatic heterocycles. The molecule has 0 unspecified atom stereocenters. The van der Waals surface area contributed by atoms with Gasteiger partial charge in [-0.1, -0.05) is 13.8 Å². The van der Waals surface area contributed by atoms with Gasteiger partial charge in [0.2, 0.25) is 0 Å². The summed E-state index contributed by atoms with van der Waals surface area (Å²) >= 11 is 0. The smallest absolute Gasteiger partial charge is 0.287 e. The van der Waals surface area contributed by atoms with Gasteiger partial charge >= 0.3 is 0 Å². The Bertz CT molecular complexity index is 1110. The van der Waals surface area contributed by atoms with Crippen molar-refractivity contribution >= 4 is 11.8 Å². The summed E-state index contributed by atoms with van der Waals surface area (Å²) in [5, 5.41) is 7.43. The van der Waals surface area contributed by atoms with E-state index in [1.165, 1.54) is 18.4 Å². The fourth-order valence-electron chi connectivity index (χ4n) is 4.12. The molecule has 0 atom stereocenters. The molecule has 0 saturated carbocycles. The summed E-state index contributed by atoms with van der Waals surface area (Å²) in [6.07, 6.45) is 4.43. The number of hydrogen-bond acceptors (Lipinski definition) is 4. The van der Waals surface area contributed by atoms with Gasteiger partial charge in [0.05, 0.1) is 29.4 Å². The molecule has 168 valence electrons. The standard InChI is InChI=1S/C24H27FN4O3/c1-15(2)21-20(14-26-29(21)19-6-4-17(25)5-7-19)24(31)28-11-8-18(9-12-28)27-23(30)22-16(3)10-13-32-22/h4-7,10,13-15,18H,8-9,11-12H2,1-3H3,(H,27,30). The van der Waals surface area contributed by atoms with Crippen molar-refractivity contribution in [3.05, 3.63) is 71.2 Å². The van der Waals surface area contributed by atoms with Crippen LogP contribution in [0.25, 0.3) is 5.69 Å². The van der Waals surface area contributed by atoms with Gasteiger partial charge in [-0.3, -0.25) is 9.59 Å². The molecule has 1 aromatic carbocycles. The predicted molar refractivity (Wildman–Crippen MR) is 117 cm³/mol. The minimum Gasteiger partial charge on any atom is -0.459 e. The molecule has 8 heteroatoms. The van der Waals surface area contributed by atoms with Crippen LogP contribution >= 0.6 is 0 Å². The van der Waals surface area contributed by atoms with Crippen molar-refractivity contribution in [3.63, 3.8) is 0 Å². The van der Waals surface area contributed by atoms with Crippen LogP contribution in [0, 0.1) is 12.7 Å². The summed E-state index contributed by atoms with van der Waals surface area (Å²) in [5.74, 6) is -0.234. The van der Waals surface area contributed by atoms with Crippen molar-refractivity contribution in [1.82, 2.24) is 20.0 Å². The zero-order valence-corrected chi connectivity index (χ0v) is 18.5. The number of benzene rings is 1. The lowest BCUT2D eigenvalue weighted by atomic mass is 10.0. The fourth-order valence-corrected chi connectivity index (χ4v) is 4.12. The van der Waals surface area contributed by atoms with Crippen molar-refractivity contribution < 1.29 is 18.4 Å². The van der Waals surface area contributed by atoms with E-state index in [4.69, 9.17) is 4.42 Å². The fraction of sp³-hybridized carbons (Fsp3) is 0.375. The van der Waals surface area contributed by atoms with E-state index in [-0.39, 0.29) is 29.6 Å². The number of rotatable bonds is 5. The zero-order valence-electron chi connectivity index (χ0n) is 18.5. The maximum Gasteiger partial charge on any atom is 0.287 e. The van der Waals surface area contributed by atoms with Crippen LogP contribution in [0.3, 0.4) is 0 Å². The third-order valence-corrected chi connectivity index (χ3v) is 5.84. The van der Waals surface area contributed by atoms with Gasteiger partial charge in [-0.15, -0.1) is 0 Å². The Hall–Kier alpha value is -3.42. The van der Waals surface area contributed by atoms with Gasteiger partial charge in [-0.25, -0.2) is 9.07 Å². The van der Waals surface area contributed by atoms with E-state index in [1.54, 1.807) is 34.0 Å². The van der Waals surface area contributed by atoms with E-state index in [1.807, 2.05) is 20.8 Å². The van der Waals surface area contributed by atoms with Crippen LogP contribution in [-0.2, 0) is 0 Å². The van der Waals surface area contributed by atoms with Crippen LogP contribution in [-0.4, -0.2) is 45.6 Å². The van der Waals surface area contributed by atoms with E-state index < -0.39 is 0 Å². The number of halogens is 1. The molecule has 1 saturated heterocycles. The highest BCUT2D eigenvalue weighted by Crippen LogP contribution is 2.25. The monoisotopic (exact) mass is 438 g/mol. The molecule has 0 spiro atoms. The maximum absolute atomic E-state index is 13.3. The summed E-state index contributed by atoms with van der Waals surface area (Å²) in [7, 11) is 0. The van der Waals surface area contributed by atoms with Gasteiger partial charge in [0.25, 0.3) is 11.8 Å². The van der Waals surface area contributed by atoms with Crippen molar-refractivity contribution in [3.8, 4) is 5.69 Å². The molecule has 4 rings (SSSR count). The van der Waals surface area contributed by atoms with Crippen LogP contribution in [0.15, 0.2) is 47.2 Å². The second-order valence-corrected chi connectivity index (χ2v) is 8.46. The number of hydrogen-bond donors (Lipinski definition) is 1. The molecule has 0 radical (unpaired) electrons. The Kier molecular flexibility index (Phi) is 6.12.